The van der Waals surface area contributed by atoms with Crippen LogP contribution >= 0.6 is 11.3 Å². The fourth-order valence-corrected chi connectivity index (χ4v) is 5.67. The second-order valence-corrected chi connectivity index (χ2v) is 11.4. The summed E-state index contributed by atoms with van der Waals surface area (Å²) < 4.78 is 47.8. The number of anilines is 2. The number of sulfonamides is 1. The lowest BCUT2D eigenvalue weighted by molar-refractivity contribution is 0.0608. The topological polar surface area (TPSA) is 120 Å². The predicted molar refractivity (Wildman–Crippen MR) is 126 cm³/mol. The summed E-state index contributed by atoms with van der Waals surface area (Å²) in [5.74, 6) is -1.25. The lowest BCUT2D eigenvalue weighted by atomic mass is 10.1. The summed E-state index contributed by atoms with van der Waals surface area (Å²) in [5, 5.41) is 10.5. The first-order chi connectivity index (χ1) is 15.7. The Hall–Kier alpha value is -2.93. The van der Waals surface area contributed by atoms with E-state index in [0.717, 1.165) is 23.5 Å². The fraction of sp³-hybridized carbons (Fsp3) is 0.476. The monoisotopic (exact) mass is 514 g/mol. The van der Waals surface area contributed by atoms with Gasteiger partial charge in [0.1, 0.15) is 16.3 Å². The molecule has 0 radical (unpaired) electrons. The van der Waals surface area contributed by atoms with Gasteiger partial charge in [0.15, 0.2) is 5.82 Å². The van der Waals surface area contributed by atoms with E-state index in [0.29, 0.717) is 28.5 Å². The molecule has 1 fully saturated rings. The van der Waals surface area contributed by atoms with Crippen molar-refractivity contribution in [2.24, 2.45) is 0 Å². The lowest BCUT2D eigenvalue weighted by Crippen LogP contribution is -2.41. The van der Waals surface area contributed by atoms with Crippen molar-refractivity contribution in [2.45, 2.75) is 50.7 Å². The van der Waals surface area contributed by atoms with Gasteiger partial charge in [-0.1, -0.05) is 0 Å². The molecule has 186 valence electrons. The number of amides is 2. The van der Waals surface area contributed by atoms with Gasteiger partial charge in [-0.3, -0.25) is 0 Å². The number of ether oxygens (including phenoxy) is 1. The van der Waals surface area contributed by atoms with Gasteiger partial charge in [0, 0.05) is 37.2 Å². The maximum absolute atomic E-state index is 15.3. The molecule has 1 aromatic carbocycles. The Kier molecular flexibility index (Phi) is 7.08. The number of aromatic nitrogens is 1. The summed E-state index contributed by atoms with van der Waals surface area (Å²) in [5.41, 5.74) is 1.22. The SMILES string of the molecule is Cc1cc(S(=O)(=O)N(C(=O)OC(C)(C)C)c2cscn2)c(F)cc1N(C)C1CCN(C(=O)O)C1. The number of carbonyl (C=O) groups excluding carboxylic acids is 1. The van der Waals surface area contributed by atoms with E-state index in [1.54, 1.807) is 39.6 Å². The van der Waals surface area contributed by atoms with Gasteiger partial charge in [0.05, 0.1) is 5.51 Å². The maximum Gasteiger partial charge on any atom is 0.430 e. The molecule has 1 aliphatic heterocycles. The standard InChI is InChI=1S/C21H27FN4O6S2/c1-13-8-17(15(22)9-16(13)24(5)14-6-7-25(10-14)19(27)28)34(30,31)26(18-11-33-12-23-18)20(29)32-21(2,3)4/h8-9,11-12,14H,6-7,10H2,1-5H3,(H,27,28). The number of hydrogen-bond donors (Lipinski definition) is 1. The maximum atomic E-state index is 15.3. The zero-order chi connectivity index (χ0) is 25.4. The molecule has 1 unspecified atom stereocenters. The summed E-state index contributed by atoms with van der Waals surface area (Å²) >= 11 is 1.07. The minimum absolute atomic E-state index is 0.190. The quantitative estimate of drug-likeness (QED) is 0.638. The van der Waals surface area contributed by atoms with Crippen molar-refractivity contribution in [1.29, 1.82) is 0 Å². The highest BCUT2D eigenvalue weighted by atomic mass is 32.2. The van der Waals surface area contributed by atoms with Crippen LogP contribution in [0.4, 0.5) is 25.5 Å². The Balaban J connectivity index is 1.98. The zero-order valence-corrected chi connectivity index (χ0v) is 21.1. The van der Waals surface area contributed by atoms with E-state index in [-0.39, 0.29) is 18.4 Å². The van der Waals surface area contributed by atoms with E-state index in [2.05, 4.69) is 4.98 Å². The second kappa shape index (κ2) is 9.37. The Morgan fingerprint density at radius 3 is 2.53 bits per heavy atom. The molecule has 3 rings (SSSR count). The average Bonchev–Trinajstić information content (AvgIpc) is 3.39. The molecule has 1 saturated heterocycles. The van der Waals surface area contributed by atoms with Crippen LogP contribution in [-0.4, -0.2) is 67.4 Å². The number of likely N-dealkylation sites (N-methyl/N-ethyl adjacent to an activating group) is 1. The van der Waals surface area contributed by atoms with Crippen LogP contribution in [0.25, 0.3) is 0 Å². The molecule has 2 heterocycles. The predicted octanol–water partition coefficient (Wildman–Crippen LogP) is 3.91. The molecule has 0 bridgehead atoms. The Bertz CT molecular complexity index is 1180. The molecule has 1 aromatic heterocycles. The van der Waals surface area contributed by atoms with Crippen molar-refractivity contribution >= 4 is 45.1 Å². The number of rotatable bonds is 5. The van der Waals surface area contributed by atoms with Gasteiger partial charge in [-0.2, -0.15) is 0 Å². The number of aryl methyl sites for hydroxylation is 1. The fourth-order valence-electron chi connectivity index (χ4n) is 3.67. The van der Waals surface area contributed by atoms with E-state index in [9.17, 15) is 23.1 Å². The van der Waals surface area contributed by atoms with Crippen molar-refractivity contribution < 1.29 is 32.2 Å². The molecule has 0 aliphatic carbocycles. The summed E-state index contributed by atoms with van der Waals surface area (Å²) in [6, 6.07) is 2.05. The average molecular weight is 515 g/mol. The summed E-state index contributed by atoms with van der Waals surface area (Å²) in [6.07, 6.45) is -1.67. The number of nitrogens with zero attached hydrogens (tertiary/aromatic N) is 4. The molecule has 34 heavy (non-hydrogen) atoms. The van der Waals surface area contributed by atoms with Crippen molar-refractivity contribution in [2.75, 3.05) is 29.3 Å². The van der Waals surface area contributed by atoms with Crippen LogP contribution in [0.1, 0.15) is 32.8 Å². The molecular formula is C21H27FN4O6S2. The van der Waals surface area contributed by atoms with E-state index >= 15 is 4.39 Å². The molecule has 2 amide bonds. The molecule has 1 aliphatic rings. The first-order valence-corrected chi connectivity index (χ1v) is 12.8. The van der Waals surface area contributed by atoms with Crippen LogP contribution in [0, 0.1) is 12.7 Å². The first kappa shape index (κ1) is 25.7. The Morgan fingerprint density at radius 2 is 2.00 bits per heavy atom. The van der Waals surface area contributed by atoms with Gasteiger partial charge in [-0.25, -0.2) is 27.4 Å². The van der Waals surface area contributed by atoms with Gasteiger partial charge in [-0.05, 0) is 51.8 Å². The largest absolute Gasteiger partial charge is 0.465 e. The van der Waals surface area contributed by atoms with E-state index in [1.165, 1.54) is 15.8 Å². The molecule has 13 heteroatoms. The number of thiazole rings is 1. The number of carboxylic acid groups (broad SMARTS) is 1. The first-order valence-electron chi connectivity index (χ1n) is 10.4. The summed E-state index contributed by atoms with van der Waals surface area (Å²) in [6.45, 7) is 6.98. The molecule has 1 atom stereocenters. The number of hydrogen-bond acceptors (Lipinski definition) is 8. The van der Waals surface area contributed by atoms with Crippen LogP contribution in [0.5, 0.6) is 0 Å². The number of carbonyl (C=O) groups is 2. The van der Waals surface area contributed by atoms with Crippen LogP contribution in [0.2, 0.25) is 0 Å². The zero-order valence-electron chi connectivity index (χ0n) is 19.5. The van der Waals surface area contributed by atoms with Gasteiger partial charge in [-0.15, -0.1) is 15.6 Å². The highest BCUT2D eigenvalue weighted by molar-refractivity contribution is 7.93. The minimum Gasteiger partial charge on any atom is -0.465 e. The smallest absolute Gasteiger partial charge is 0.430 e. The van der Waals surface area contributed by atoms with Crippen LogP contribution in [0.15, 0.2) is 27.9 Å². The summed E-state index contributed by atoms with van der Waals surface area (Å²) in [4.78, 5) is 30.3. The van der Waals surface area contributed by atoms with Crippen molar-refractivity contribution in [1.82, 2.24) is 9.88 Å². The highest BCUT2D eigenvalue weighted by Crippen LogP contribution is 2.33. The van der Waals surface area contributed by atoms with Crippen LogP contribution in [0.3, 0.4) is 0 Å². The molecule has 0 spiro atoms. The van der Waals surface area contributed by atoms with Gasteiger partial charge in [0.2, 0.25) is 0 Å². The molecule has 1 N–H and O–H groups in total. The Morgan fingerprint density at radius 1 is 1.32 bits per heavy atom. The molecule has 2 aromatic rings. The van der Waals surface area contributed by atoms with Crippen molar-refractivity contribution in [3.63, 3.8) is 0 Å². The van der Waals surface area contributed by atoms with E-state index in [4.69, 9.17) is 4.74 Å². The lowest BCUT2D eigenvalue weighted by Gasteiger charge is -2.29. The third-order valence-electron chi connectivity index (χ3n) is 5.32. The van der Waals surface area contributed by atoms with E-state index < -0.39 is 38.5 Å². The normalized spacial score (nSPS) is 16.4. The van der Waals surface area contributed by atoms with Crippen molar-refractivity contribution in [3.05, 3.63) is 34.4 Å². The summed E-state index contributed by atoms with van der Waals surface area (Å²) in [7, 11) is -3.00. The number of halogens is 1. The van der Waals surface area contributed by atoms with Crippen LogP contribution < -0.4 is 9.21 Å². The number of benzene rings is 1. The molecular weight excluding hydrogens is 487 g/mol. The minimum atomic E-state index is -4.71. The number of likely N-dealkylation sites (tertiary alicyclic amines) is 1. The molecule has 10 nitrogen and oxygen atoms in total. The third kappa shape index (κ3) is 5.25. The molecule has 0 saturated carbocycles. The van der Waals surface area contributed by atoms with Gasteiger partial charge < -0.3 is 19.6 Å². The Labute approximate surface area is 201 Å². The third-order valence-corrected chi connectivity index (χ3v) is 7.58. The second-order valence-electron chi connectivity index (χ2n) is 8.95. The van der Waals surface area contributed by atoms with Crippen molar-refractivity contribution in [3.8, 4) is 0 Å². The highest BCUT2D eigenvalue weighted by Gasteiger charge is 2.38. The van der Waals surface area contributed by atoms with E-state index in [1.807, 2.05) is 0 Å². The van der Waals surface area contributed by atoms with Gasteiger partial charge in [0.25, 0.3) is 10.0 Å². The van der Waals surface area contributed by atoms with Crippen LogP contribution in [-0.2, 0) is 14.8 Å². The van der Waals surface area contributed by atoms with Gasteiger partial charge >= 0.3 is 12.2 Å².